The van der Waals surface area contributed by atoms with Gasteiger partial charge in [-0.05, 0) is 48.7 Å². The number of nitrogens with one attached hydrogen (secondary N) is 2. The molecule has 1 aliphatic carbocycles. The normalized spacial score (nSPS) is 15.6. The number of anilines is 2. The van der Waals surface area contributed by atoms with E-state index in [4.69, 9.17) is 0 Å². The second kappa shape index (κ2) is 9.69. The van der Waals surface area contributed by atoms with Gasteiger partial charge < -0.3 is 20.6 Å². The molecule has 0 spiro atoms. The topological polar surface area (TPSA) is 64.6 Å². The highest BCUT2D eigenvalue weighted by molar-refractivity contribution is 5.89. The number of amides is 2. The van der Waals surface area contributed by atoms with Crippen LogP contribution in [0.2, 0.25) is 0 Å². The van der Waals surface area contributed by atoms with Crippen LogP contribution in [-0.4, -0.2) is 30.8 Å². The molecule has 5 nitrogen and oxygen atoms in total. The Kier molecular flexibility index (Phi) is 7.04. The first-order valence-corrected chi connectivity index (χ1v) is 9.95. The van der Waals surface area contributed by atoms with Gasteiger partial charge in [-0.2, -0.15) is 0 Å². The summed E-state index contributed by atoms with van der Waals surface area (Å²) < 4.78 is 27.5. The molecule has 3 rings (SSSR count). The molecule has 1 aliphatic rings. The first-order valence-electron chi connectivity index (χ1n) is 9.95. The number of carbonyl (C=O) groups is 1. The Hall–Kier alpha value is -2.67. The third kappa shape index (κ3) is 5.67. The van der Waals surface area contributed by atoms with Gasteiger partial charge >= 0.3 is 6.03 Å². The van der Waals surface area contributed by atoms with Crippen molar-refractivity contribution in [2.24, 2.45) is 0 Å². The minimum Gasteiger partial charge on any atom is -0.387 e. The molecule has 1 fully saturated rings. The predicted molar refractivity (Wildman–Crippen MR) is 110 cm³/mol. The van der Waals surface area contributed by atoms with Crippen LogP contribution in [0.15, 0.2) is 42.5 Å². The molecule has 0 aliphatic heterocycles. The lowest BCUT2D eigenvalue weighted by atomic mass is 9.94. The van der Waals surface area contributed by atoms with Gasteiger partial charge in [0.15, 0.2) is 0 Å². The van der Waals surface area contributed by atoms with Crippen molar-refractivity contribution >= 4 is 17.4 Å². The molecule has 2 amide bonds. The maximum Gasteiger partial charge on any atom is 0.319 e. The Morgan fingerprint density at radius 2 is 1.83 bits per heavy atom. The number of nitrogens with zero attached hydrogens (tertiary/aromatic N) is 1. The molecule has 0 saturated heterocycles. The van der Waals surface area contributed by atoms with Crippen LogP contribution in [0, 0.1) is 11.6 Å². The van der Waals surface area contributed by atoms with Crippen LogP contribution in [-0.2, 0) is 0 Å². The van der Waals surface area contributed by atoms with E-state index in [1.54, 1.807) is 12.1 Å². The van der Waals surface area contributed by atoms with Crippen LogP contribution in [0.4, 0.5) is 25.0 Å². The van der Waals surface area contributed by atoms with E-state index in [1.165, 1.54) is 49.6 Å². The standard InChI is InChI=1S/C22H27F2N3O2/c1-27(18-5-3-2-4-6-18)20-12-11-17(13-19(20)24)26-22(29)25-14-21(28)15-7-9-16(23)10-8-15/h7-13,18,21,28H,2-6,14H2,1H3,(H2,25,26,29). The number of hydrogen-bond acceptors (Lipinski definition) is 3. The highest BCUT2D eigenvalue weighted by Crippen LogP contribution is 2.29. The van der Waals surface area contributed by atoms with E-state index in [-0.39, 0.29) is 12.4 Å². The number of aliphatic hydroxyl groups is 1. The maximum absolute atomic E-state index is 14.6. The number of urea groups is 1. The minimum absolute atomic E-state index is 0.0531. The summed E-state index contributed by atoms with van der Waals surface area (Å²) in [5.74, 6) is -0.784. The largest absolute Gasteiger partial charge is 0.387 e. The number of carbonyl (C=O) groups excluding carboxylic acids is 1. The van der Waals surface area contributed by atoms with E-state index in [0.717, 1.165) is 12.8 Å². The lowest BCUT2D eigenvalue weighted by Crippen LogP contribution is -2.34. The Morgan fingerprint density at radius 3 is 2.48 bits per heavy atom. The number of benzene rings is 2. The molecular weight excluding hydrogens is 376 g/mol. The molecule has 0 bridgehead atoms. The number of rotatable bonds is 6. The average Bonchev–Trinajstić information content (AvgIpc) is 2.73. The Balaban J connectivity index is 1.53. The summed E-state index contributed by atoms with van der Waals surface area (Å²) in [6, 6.07) is 9.81. The van der Waals surface area contributed by atoms with Crippen molar-refractivity contribution in [3.05, 3.63) is 59.7 Å². The smallest absolute Gasteiger partial charge is 0.319 e. The Bertz CT molecular complexity index is 823. The molecular formula is C22H27F2N3O2. The molecule has 1 saturated carbocycles. The van der Waals surface area contributed by atoms with Gasteiger partial charge in [-0.25, -0.2) is 13.6 Å². The van der Waals surface area contributed by atoms with Crippen molar-refractivity contribution in [2.75, 3.05) is 23.8 Å². The fourth-order valence-corrected chi connectivity index (χ4v) is 3.70. The summed E-state index contributed by atoms with van der Waals surface area (Å²) in [4.78, 5) is 14.0. The van der Waals surface area contributed by atoms with Gasteiger partial charge in [0.25, 0.3) is 0 Å². The van der Waals surface area contributed by atoms with E-state index < -0.39 is 18.0 Å². The summed E-state index contributed by atoms with van der Waals surface area (Å²) in [6.07, 6.45) is 4.73. The van der Waals surface area contributed by atoms with Crippen LogP contribution in [0.5, 0.6) is 0 Å². The molecule has 0 radical (unpaired) electrons. The van der Waals surface area contributed by atoms with Crippen LogP contribution >= 0.6 is 0 Å². The van der Waals surface area contributed by atoms with E-state index in [2.05, 4.69) is 10.6 Å². The molecule has 156 valence electrons. The Morgan fingerprint density at radius 1 is 1.14 bits per heavy atom. The van der Waals surface area contributed by atoms with Crippen LogP contribution in [0.3, 0.4) is 0 Å². The molecule has 0 aromatic heterocycles. The molecule has 2 aromatic carbocycles. The first kappa shape index (κ1) is 21.0. The molecule has 29 heavy (non-hydrogen) atoms. The maximum atomic E-state index is 14.6. The van der Waals surface area contributed by atoms with Gasteiger partial charge in [0.2, 0.25) is 0 Å². The monoisotopic (exact) mass is 403 g/mol. The van der Waals surface area contributed by atoms with Gasteiger partial charge in [0, 0.05) is 25.3 Å². The average molecular weight is 403 g/mol. The zero-order valence-electron chi connectivity index (χ0n) is 16.5. The van der Waals surface area contributed by atoms with Crippen molar-refractivity contribution in [2.45, 2.75) is 44.2 Å². The number of hydrogen-bond donors (Lipinski definition) is 3. The zero-order chi connectivity index (χ0) is 20.8. The van der Waals surface area contributed by atoms with Crippen LogP contribution < -0.4 is 15.5 Å². The highest BCUT2D eigenvalue weighted by Gasteiger charge is 2.20. The summed E-state index contributed by atoms with van der Waals surface area (Å²) in [7, 11) is 1.91. The van der Waals surface area contributed by atoms with Crippen LogP contribution in [0.1, 0.15) is 43.8 Å². The second-order valence-electron chi connectivity index (χ2n) is 7.47. The molecule has 7 heteroatoms. The number of halogens is 2. The van der Waals surface area contributed by atoms with E-state index in [0.29, 0.717) is 23.0 Å². The van der Waals surface area contributed by atoms with Gasteiger partial charge in [-0.15, -0.1) is 0 Å². The third-order valence-electron chi connectivity index (χ3n) is 5.42. The summed E-state index contributed by atoms with van der Waals surface area (Å²) in [5.41, 5.74) is 1.35. The van der Waals surface area contributed by atoms with Gasteiger partial charge in [-0.1, -0.05) is 31.4 Å². The van der Waals surface area contributed by atoms with Gasteiger partial charge in [-0.3, -0.25) is 0 Å². The fourth-order valence-electron chi connectivity index (χ4n) is 3.70. The van der Waals surface area contributed by atoms with Crippen LogP contribution in [0.25, 0.3) is 0 Å². The van der Waals surface area contributed by atoms with Crippen molar-refractivity contribution in [1.29, 1.82) is 0 Å². The van der Waals surface area contributed by atoms with E-state index in [1.807, 2.05) is 11.9 Å². The molecule has 1 unspecified atom stereocenters. The lowest BCUT2D eigenvalue weighted by molar-refractivity contribution is 0.175. The highest BCUT2D eigenvalue weighted by atomic mass is 19.1. The molecule has 3 N–H and O–H groups in total. The van der Waals surface area contributed by atoms with Gasteiger partial charge in [0.1, 0.15) is 11.6 Å². The molecule has 0 heterocycles. The SMILES string of the molecule is CN(c1ccc(NC(=O)NCC(O)c2ccc(F)cc2)cc1F)C1CCCCC1. The summed E-state index contributed by atoms with van der Waals surface area (Å²) in [6.45, 7) is -0.0531. The van der Waals surface area contributed by atoms with Gasteiger partial charge in [0.05, 0.1) is 11.8 Å². The Labute approximate surface area is 169 Å². The zero-order valence-corrected chi connectivity index (χ0v) is 16.5. The van der Waals surface area contributed by atoms with Crippen molar-refractivity contribution in [1.82, 2.24) is 5.32 Å². The summed E-state index contributed by atoms with van der Waals surface area (Å²) in [5, 5.41) is 15.2. The first-order chi connectivity index (χ1) is 13.9. The third-order valence-corrected chi connectivity index (χ3v) is 5.42. The fraction of sp³-hybridized carbons (Fsp3) is 0.409. The quantitative estimate of drug-likeness (QED) is 0.661. The van der Waals surface area contributed by atoms with E-state index >= 15 is 0 Å². The number of aliphatic hydroxyl groups excluding tert-OH is 1. The van der Waals surface area contributed by atoms with Crippen molar-refractivity contribution in [3.8, 4) is 0 Å². The van der Waals surface area contributed by atoms with Crippen molar-refractivity contribution in [3.63, 3.8) is 0 Å². The van der Waals surface area contributed by atoms with E-state index in [9.17, 15) is 18.7 Å². The minimum atomic E-state index is -0.968. The molecule has 1 atom stereocenters. The second-order valence-corrected chi connectivity index (χ2v) is 7.47. The summed E-state index contributed by atoms with van der Waals surface area (Å²) >= 11 is 0. The predicted octanol–water partition coefficient (Wildman–Crippen LogP) is 4.59. The molecule has 2 aromatic rings. The lowest BCUT2D eigenvalue weighted by Gasteiger charge is -2.33. The van der Waals surface area contributed by atoms with Crippen molar-refractivity contribution < 1.29 is 18.7 Å².